The average molecular weight is 243 g/mol. The molecule has 0 bridgehead atoms. The minimum absolute atomic E-state index is 0.0215. The van der Waals surface area contributed by atoms with Crippen LogP contribution in [0.1, 0.15) is 20.8 Å². The van der Waals surface area contributed by atoms with Gasteiger partial charge in [0.2, 0.25) is 0 Å². The fourth-order valence-corrected chi connectivity index (χ4v) is 1.96. The first-order valence-electron chi connectivity index (χ1n) is 5.49. The van der Waals surface area contributed by atoms with Crippen LogP contribution in [0.15, 0.2) is 5.11 Å². The molecule has 0 saturated carbocycles. The Bertz CT molecular complexity index is 330. The van der Waals surface area contributed by atoms with Gasteiger partial charge in [0.1, 0.15) is 0 Å². The van der Waals surface area contributed by atoms with Crippen molar-refractivity contribution in [3.63, 3.8) is 0 Å². The first-order chi connectivity index (χ1) is 7.97. The second kappa shape index (κ2) is 5.86. The Balaban J connectivity index is 2.71. The average Bonchev–Trinajstić information content (AvgIpc) is 2.27. The van der Waals surface area contributed by atoms with E-state index in [-0.39, 0.29) is 24.5 Å². The molecule has 0 aromatic heterocycles. The Morgan fingerprint density at radius 1 is 1.53 bits per heavy atom. The molecule has 1 saturated heterocycles. The zero-order valence-corrected chi connectivity index (χ0v) is 10.1. The van der Waals surface area contributed by atoms with E-state index in [2.05, 4.69) is 10.0 Å². The number of aliphatic hydroxyl groups is 1. The Kier molecular flexibility index (Phi) is 4.74. The van der Waals surface area contributed by atoms with Crippen LogP contribution in [0.5, 0.6) is 0 Å². The first kappa shape index (κ1) is 13.8. The smallest absolute Gasteiger partial charge is 0.303 e. The quantitative estimate of drug-likeness (QED) is 0.348. The van der Waals surface area contributed by atoms with Gasteiger partial charge in [-0.15, -0.1) is 0 Å². The van der Waals surface area contributed by atoms with Crippen LogP contribution in [0.25, 0.3) is 10.4 Å². The summed E-state index contributed by atoms with van der Waals surface area (Å²) in [6.07, 6.45) is -2.21. The molecule has 96 valence electrons. The summed E-state index contributed by atoms with van der Waals surface area (Å²) in [5.41, 5.74) is 8.26. The van der Waals surface area contributed by atoms with Crippen LogP contribution >= 0.6 is 0 Å². The molecule has 1 N–H and O–H groups in total. The first-order valence-corrected chi connectivity index (χ1v) is 5.49. The summed E-state index contributed by atoms with van der Waals surface area (Å²) in [5, 5.41) is 13.2. The van der Waals surface area contributed by atoms with Crippen molar-refractivity contribution in [1.82, 2.24) is 0 Å². The van der Waals surface area contributed by atoms with E-state index in [1.54, 1.807) is 0 Å². The van der Waals surface area contributed by atoms with Gasteiger partial charge in [-0.05, 0) is 11.4 Å². The van der Waals surface area contributed by atoms with Crippen molar-refractivity contribution in [2.45, 2.75) is 39.3 Å². The maximum Gasteiger partial charge on any atom is 0.303 e. The number of hydrogen-bond donors (Lipinski definition) is 1. The number of aliphatic hydroxyl groups excluding tert-OH is 1. The summed E-state index contributed by atoms with van der Waals surface area (Å²) >= 11 is 0. The van der Waals surface area contributed by atoms with E-state index in [1.165, 1.54) is 6.92 Å². The lowest BCUT2D eigenvalue weighted by atomic mass is 9.83. The number of carbonyl (C=O) groups is 1. The molecule has 1 rings (SSSR count). The van der Waals surface area contributed by atoms with Crippen LogP contribution in [0.2, 0.25) is 0 Å². The molecule has 7 heteroatoms. The zero-order chi connectivity index (χ0) is 13.0. The van der Waals surface area contributed by atoms with E-state index in [4.69, 9.17) is 15.0 Å². The van der Waals surface area contributed by atoms with Gasteiger partial charge in [-0.3, -0.25) is 4.79 Å². The number of ether oxygens (including phenoxy) is 2. The molecule has 0 spiro atoms. The molecule has 1 heterocycles. The second-order valence-corrected chi connectivity index (χ2v) is 4.27. The minimum Gasteiger partial charge on any atom is -0.457 e. The monoisotopic (exact) mass is 243 g/mol. The fourth-order valence-electron chi connectivity index (χ4n) is 1.96. The van der Waals surface area contributed by atoms with Gasteiger partial charge in [0.05, 0.1) is 12.6 Å². The molecule has 5 atom stereocenters. The van der Waals surface area contributed by atoms with Gasteiger partial charge in [0.25, 0.3) is 0 Å². The number of esters is 1. The summed E-state index contributed by atoms with van der Waals surface area (Å²) in [7, 11) is 0. The number of carbonyl (C=O) groups excluding carboxylic acids is 1. The number of nitrogens with zero attached hydrogens (tertiary/aromatic N) is 3. The van der Waals surface area contributed by atoms with E-state index in [1.807, 2.05) is 13.8 Å². The summed E-state index contributed by atoms with van der Waals surface area (Å²) in [5.74, 6) is -0.500. The fraction of sp³-hybridized carbons (Fsp3) is 0.900. The van der Waals surface area contributed by atoms with E-state index in [0.29, 0.717) is 0 Å². The Hall–Kier alpha value is -1.30. The van der Waals surface area contributed by atoms with Crippen molar-refractivity contribution in [3.8, 4) is 0 Å². The van der Waals surface area contributed by atoms with Crippen molar-refractivity contribution in [3.05, 3.63) is 10.4 Å². The van der Waals surface area contributed by atoms with E-state index in [9.17, 15) is 9.90 Å². The number of hydrogen-bond acceptors (Lipinski definition) is 5. The van der Waals surface area contributed by atoms with Crippen LogP contribution in [-0.4, -0.2) is 36.1 Å². The third-order valence-corrected chi connectivity index (χ3v) is 3.16. The van der Waals surface area contributed by atoms with E-state index < -0.39 is 18.4 Å². The SMILES string of the molecule is CC(=O)OC1[C@@H](C)[C@H](C)C(CN=[N+]=[N-])O[C@@H]1O. The molecule has 0 radical (unpaired) electrons. The number of azide groups is 1. The summed E-state index contributed by atoms with van der Waals surface area (Å²) in [6, 6.07) is 0. The van der Waals surface area contributed by atoms with Gasteiger partial charge < -0.3 is 14.6 Å². The minimum atomic E-state index is -1.18. The molecule has 2 unspecified atom stereocenters. The Morgan fingerprint density at radius 2 is 2.18 bits per heavy atom. The highest BCUT2D eigenvalue weighted by atomic mass is 16.6. The highest BCUT2D eigenvalue weighted by Gasteiger charge is 2.42. The van der Waals surface area contributed by atoms with Crippen molar-refractivity contribution in [1.29, 1.82) is 0 Å². The maximum atomic E-state index is 10.9. The molecule has 0 aliphatic carbocycles. The van der Waals surface area contributed by atoms with Gasteiger partial charge in [-0.2, -0.15) is 0 Å². The van der Waals surface area contributed by atoms with Gasteiger partial charge >= 0.3 is 5.97 Å². The summed E-state index contributed by atoms with van der Waals surface area (Å²) in [4.78, 5) is 13.6. The lowest BCUT2D eigenvalue weighted by molar-refractivity contribution is -0.254. The van der Waals surface area contributed by atoms with Crippen molar-refractivity contribution < 1.29 is 19.4 Å². The summed E-state index contributed by atoms with van der Waals surface area (Å²) in [6.45, 7) is 5.22. The van der Waals surface area contributed by atoms with Gasteiger partial charge in [-0.1, -0.05) is 19.0 Å². The molecule has 0 amide bonds. The van der Waals surface area contributed by atoms with Crippen molar-refractivity contribution in [2.24, 2.45) is 17.0 Å². The molecule has 1 aliphatic heterocycles. The van der Waals surface area contributed by atoms with Crippen LogP contribution in [0, 0.1) is 11.8 Å². The van der Waals surface area contributed by atoms with Gasteiger partial charge in [0, 0.05) is 17.8 Å². The van der Waals surface area contributed by atoms with E-state index in [0.717, 1.165) is 0 Å². The van der Waals surface area contributed by atoms with Crippen LogP contribution in [0.4, 0.5) is 0 Å². The van der Waals surface area contributed by atoms with Gasteiger partial charge in [0.15, 0.2) is 12.4 Å². The molecule has 17 heavy (non-hydrogen) atoms. The zero-order valence-electron chi connectivity index (χ0n) is 10.1. The van der Waals surface area contributed by atoms with Gasteiger partial charge in [-0.25, -0.2) is 0 Å². The lowest BCUT2D eigenvalue weighted by Gasteiger charge is -2.41. The number of rotatable bonds is 3. The molecule has 0 aromatic carbocycles. The van der Waals surface area contributed by atoms with Crippen molar-refractivity contribution in [2.75, 3.05) is 6.54 Å². The van der Waals surface area contributed by atoms with Crippen LogP contribution in [-0.2, 0) is 14.3 Å². The normalized spacial score (nSPS) is 37.1. The standard InChI is InChI=1S/C10H17N3O4/c1-5-6(2)9(16-7(3)14)10(15)17-8(5)4-12-13-11/h5-6,8-10,15H,4H2,1-3H3/t5-,6-,8?,9?,10-/m0/s1. The summed E-state index contributed by atoms with van der Waals surface area (Å²) < 4.78 is 10.3. The molecule has 7 nitrogen and oxygen atoms in total. The Morgan fingerprint density at radius 3 is 2.71 bits per heavy atom. The lowest BCUT2D eigenvalue weighted by Crippen LogP contribution is -2.51. The predicted molar refractivity (Wildman–Crippen MR) is 58.8 cm³/mol. The highest BCUT2D eigenvalue weighted by molar-refractivity contribution is 5.66. The second-order valence-electron chi connectivity index (χ2n) is 4.27. The largest absolute Gasteiger partial charge is 0.457 e. The molecule has 0 aromatic rings. The Labute approximate surface area is 99.3 Å². The third-order valence-electron chi connectivity index (χ3n) is 3.16. The van der Waals surface area contributed by atoms with Crippen LogP contribution in [0.3, 0.4) is 0 Å². The molecular formula is C10H17N3O4. The molecule has 1 aliphatic rings. The predicted octanol–water partition coefficient (Wildman–Crippen LogP) is 1.22. The highest BCUT2D eigenvalue weighted by Crippen LogP contribution is 2.32. The van der Waals surface area contributed by atoms with E-state index >= 15 is 0 Å². The molecular weight excluding hydrogens is 226 g/mol. The molecule has 1 fully saturated rings. The maximum absolute atomic E-state index is 10.9. The third kappa shape index (κ3) is 3.33. The van der Waals surface area contributed by atoms with Crippen molar-refractivity contribution >= 4 is 5.97 Å². The topological polar surface area (TPSA) is 105 Å². The van der Waals surface area contributed by atoms with Crippen LogP contribution < -0.4 is 0 Å².